The van der Waals surface area contributed by atoms with Gasteiger partial charge in [-0.3, -0.25) is 14.4 Å². The van der Waals surface area contributed by atoms with Crippen LogP contribution in [0, 0.1) is 12.7 Å². The average Bonchev–Trinajstić information content (AvgIpc) is 3.03. The highest BCUT2D eigenvalue weighted by molar-refractivity contribution is 8.01. The maximum absolute atomic E-state index is 13.1. The minimum absolute atomic E-state index is 0.0240. The Hall–Kier alpha value is -2.88. The number of carbonyl (C=O) groups excluding carboxylic acids is 3. The molecule has 0 aliphatic rings. The van der Waals surface area contributed by atoms with Gasteiger partial charge in [-0.15, -0.1) is 11.8 Å². The molecule has 1 atom stereocenters. The number of benzene rings is 1. The van der Waals surface area contributed by atoms with Crippen molar-refractivity contribution < 1.29 is 23.3 Å². The van der Waals surface area contributed by atoms with Crippen molar-refractivity contribution in [2.45, 2.75) is 19.1 Å². The lowest BCUT2D eigenvalue weighted by Gasteiger charge is -2.18. The van der Waals surface area contributed by atoms with E-state index in [2.05, 4.69) is 15.8 Å². The van der Waals surface area contributed by atoms with Crippen LogP contribution in [0.15, 0.2) is 34.9 Å². The summed E-state index contributed by atoms with van der Waals surface area (Å²) in [4.78, 5) is 37.5. The zero-order chi connectivity index (χ0) is 20.7. The summed E-state index contributed by atoms with van der Waals surface area (Å²) in [5, 5.41) is 8.29. The number of halogens is 1. The summed E-state index contributed by atoms with van der Waals surface area (Å²) in [6.45, 7) is 3.19. The van der Waals surface area contributed by atoms with Gasteiger partial charge in [-0.05, 0) is 32.0 Å². The van der Waals surface area contributed by atoms with E-state index in [9.17, 15) is 18.8 Å². The van der Waals surface area contributed by atoms with E-state index in [1.165, 1.54) is 30.1 Å². The second-order valence-corrected chi connectivity index (χ2v) is 7.40. The third-order valence-corrected chi connectivity index (χ3v) is 4.75. The highest BCUT2D eigenvalue weighted by atomic mass is 32.2. The number of aryl methyl sites for hydroxylation is 1. The Balaban J connectivity index is 1.75. The van der Waals surface area contributed by atoms with Crippen LogP contribution in [0.1, 0.15) is 12.7 Å². The molecule has 0 radical (unpaired) electrons. The Kier molecular flexibility index (Phi) is 7.56. The van der Waals surface area contributed by atoms with Gasteiger partial charge in [-0.2, -0.15) is 0 Å². The van der Waals surface area contributed by atoms with Crippen molar-refractivity contribution >= 4 is 41.0 Å². The van der Waals surface area contributed by atoms with E-state index in [0.717, 1.165) is 11.8 Å². The Bertz CT molecular complexity index is 858. The van der Waals surface area contributed by atoms with Crippen LogP contribution < -0.4 is 10.6 Å². The molecule has 2 N–H and O–H groups in total. The van der Waals surface area contributed by atoms with Crippen molar-refractivity contribution in [3.8, 4) is 0 Å². The highest BCUT2D eigenvalue weighted by Crippen LogP contribution is 2.15. The topological polar surface area (TPSA) is 105 Å². The summed E-state index contributed by atoms with van der Waals surface area (Å²) in [5.41, 5.74) is 0.314. The van der Waals surface area contributed by atoms with Crippen molar-refractivity contribution in [1.29, 1.82) is 0 Å². The van der Waals surface area contributed by atoms with Gasteiger partial charge in [-0.1, -0.05) is 11.2 Å². The molecule has 1 heterocycles. The lowest BCUT2D eigenvalue weighted by atomic mass is 10.3. The normalized spacial score (nSPS) is 11.6. The minimum Gasteiger partial charge on any atom is -0.360 e. The van der Waals surface area contributed by atoms with Gasteiger partial charge in [0, 0.05) is 18.8 Å². The highest BCUT2D eigenvalue weighted by Gasteiger charge is 2.19. The molecule has 1 aromatic carbocycles. The quantitative estimate of drug-likeness (QED) is 0.694. The standard InChI is InChI=1S/C18H21FN4O4S/c1-11-7-15(22-27-11)21-18(26)12(2)28-10-17(25)23(3)9-16(24)20-14-6-4-5-13(19)8-14/h4-8,12H,9-10H2,1-3H3,(H,20,24)(H,21,22,26)/t12-/m1/s1. The molecule has 8 nitrogen and oxygen atoms in total. The van der Waals surface area contributed by atoms with Crippen LogP contribution in [-0.2, 0) is 14.4 Å². The first-order valence-electron chi connectivity index (χ1n) is 8.39. The Morgan fingerprint density at radius 1 is 1.29 bits per heavy atom. The molecular weight excluding hydrogens is 387 g/mol. The minimum atomic E-state index is -0.504. The summed E-state index contributed by atoms with van der Waals surface area (Å²) < 4.78 is 18.0. The van der Waals surface area contributed by atoms with Crippen molar-refractivity contribution in [1.82, 2.24) is 10.1 Å². The lowest BCUT2D eigenvalue weighted by Crippen LogP contribution is -2.36. The van der Waals surface area contributed by atoms with Crippen LogP contribution in [-0.4, -0.2) is 52.4 Å². The van der Waals surface area contributed by atoms with E-state index in [4.69, 9.17) is 4.52 Å². The first-order valence-corrected chi connectivity index (χ1v) is 9.44. The van der Waals surface area contributed by atoms with Crippen molar-refractivity contribution in [3.05, 3.63) is 41.9 Å². The molecule has 0 saturated heterocycles. The molecule has 3 amide bonds. The molecule has 10 heteroatoms. The fourth-order valence-electron chi connectivity index (χ4n) is 2.11. The van der Waals surface area contributed by atoms with Gasteiger partial charge in [0.25, 0.3) is 0 Å². The van der Waals surface area contributed by atoms with Crippen LogP contribution in [0.3, 0.4) is 0 Å². The maximum atomic E-state index is 13.1. The molecule has 0 aliphatic carbocycles. The van der Waals surface area contributed by atoms with Gasteiger partial charge in [0.1, 0.15) is 11.6 Å². The molecule has 0 bridgehead atoms. The molecule has 150 valence electrons. The van der Waals surface area contributed by atoms with E-state index in [-0.39, 0.29) is 24.1 Å². The predicted molar refractivity (Wildman–Crippen MR) is 104 cm³/mol. The summed E-state index contributed by atoms with van der Waals surface area (Å²) in [5.74, 6) is -0.619. The number of nitrogens with one attached hydrogen (secondary N) is 2. The Morgan fingerprint density at radius 3 is 2.68 bits per heavy atom. The lowest BCUT2D eigenvalue weighted by molar-refractivity contribution is -0.131. The summed E-state index contributed by atoms with van der Waals surface area (Å²) in [7, 11) is 1.48. The first kappa shape index (κ1) is 21.4. The van der Waals surface area contributed by atoms with Crippen LogP contribution >= 0.6 is 11.8 Å². The number of nitrogens with zero attached hydrogens (tertiary/aromatic N) is 2. The Morgan fingerprint density at radius 2 is 2.04 bits per heavy atom. The molecule has 0 spiro atoms. The molecular formula is C18H21FN4O4S. The second-order valence-electron chi connectivity index (χ2n) is 6.07. The monoisotopic (exact) mass is 408 g/mol. The van der Waals surface area contributed by atoms with E-state index in [0.29, 0.717) is 17.3 Å². The third-order valence-electron chi connectivity index (χ3n) is 3.62. The Labute approximate surface area is 165 Å². The zero-order valence-electron chi connectivity index (χ0n) is 15.7. The van der Waals surface area contributed by atoms with Crippen molar-refractivity contribution in [2.24, 2.45) is 0 Å². The smallest absolute Gasteiger partial charge is 0.243 e. The summed E-state index contributed by atoms with van der Waals surface area (Å²) in [6, 6.07) is 7.07. The van der Waals surface area contributed by atoms with Crippen LogP contribution in [0.25, 0.3) is 0 Å². The maximum Gasteiger partial charge on any atom is 0.243 e. The number of amides is 3. The molecule has 28 heavy (non-hydrogen) atoms. The van der Waals surface area contributed by atoms with E-state index < -0.39 is 17.0 Å². The number of carbonyl (C=O) groups is 3. The predicted octanol–water partition coefficient (Wildman–Crippen LogP) is 2.28. The average molecular weight is 408 g/mol. The number of anilines is 2. The molecule has 0 unspecified atom stereocenters. The number of aromatic nitrogens is 1. The number of thioether (sulfide) groups is 1. The largest absolute Gasteiger partial charge is 0.360 e. The van der Waals surface area contributed by atoms with Crippen LogP contribution in [0.4, 0.5) is 15.9 Å². The third kappa shape index (κ3) is 6.69. The van der Waals surface area contributed by atoms with Gasteiger partial charge in [-0.25, -0.2) is 4.39 Å². The van der Waals surface area contributed by atoms with Crippen molar-refractivity contribution in [2.75, 3.05) is 30.0 Å². The first-order chi connectivity index (χ1) is 13.2. The van der Waals surface area contributed by atoms with Crippen LogP contribution in [0.5, 0.6) is 0 Å². The van der Waals surface area contributed by atoms with E-state index >= 15 is 0 Å². The summed E-state index contributed by atoms with van der Waals surface area (Å²) in [6.07, 6.45) is 0. The van der Waals surface area contributed by atoms with Crippen LogP contribution in [0.2, 0.25) is 0 Å². The van der Waals surface area contributed by atoms with Gasteiger partial charge < -0.3 is 20.1 Å². The van der Waals surface area contributed by atoms with E-state index in [1.807, 2.05) is 0 Å². The molecule has 2 rings (SSSR count). The number of hydrogen-bond donors (Lipinski definition) is 2. The second kappa shape index (κ2) is 9.88. The molecule has 0 saturated carbocycles. The molecule has 2 aromatic rings. The number of rotatable bonds is 8. The van der Waals surface area contributed by atoms with Crippen molar-refractivity contribution in [3.63, 3.8) is 0 Å². The van der Waals surface area contributed by atoms with Gasteiger partial charge >= 0.3 is 0 Å². The number of likely N-dealkylation sites (N-methyl/N-ethyl adjacent to an activating group) is 1. The SMILES string of the molecule is Cc1cc(NC(=O)[C@@H](C)SCC(=O)N(C)CC(=O)Nc2cccc(F)c2)no1. The fourth-order valence-corrected chi connectivity index (χ4v) is 2.93. The molecule has 0 fully saturated rings. The fraction of sp³-hybridized carbons (Fsp3) is 0.333. The van der Waals surface area contributed by atoms with Gasteiger partial charge in [0.05, 0.1) is 17.5 Å². The molecule has 1 aromatic heterocycles. The van der Waals surface area contributed by atoms with Gasteiger partial charge in [0.2, 0.25) is 17.7 Å². The molecule has 0 aliphatic heterocycles. The van der Waals surface area contributed by atoms with E-state index in [1.54, 1.807) is 26.0 Å². The number of hydrogen-bond acceptors (Lipinski definition) is 6. The summed E-state index contributed by atoms with van der Waals surface area (Å²) >= 11 is 1.14. The van der Waals surface area contributed by atoms with Gasteiger partial charge in [0.15, 0.2) is 5.82 Å². The zero-order valence-corrected chi connectivity index (χ0v) is 16.5.